The van der Waals surface area contributed by atoms with E-state index in [4.69, 9.17) is 11.6 Å². The Morgan fingerprint density at radius 2 is 1.93 bits per heavy atom. The molecule has 4 heteroatoms. The molecule has 0 N–H and O–H groups in total. The molecule has 0 fully saturated rings. The van der Waals surface area contributed by atoms with Gasteiger partial charge in [0.2, 0.25) is 0 Å². The van der Waals surface area contributed by atoms with Crippen LogP contribution in [-0.2, 0) is 0 Å². The maximum atomic E-state index is 5.86. The highest BCUT2D eigenvalue weighted by atomic mass is 79.9. The number of halogens is 2. The van der Waals surface area contributed by atoms with Gasteiger partial charge < -0.3 is 4.90 Å². The average Bonchev–Trinajstić information content (AvgIpc) is 2.17. The molecule has 0 aliphatic heterocycles. The van der Waals surface area contributed by atoms with E-state index in [9.17, 15) is 0 Å². The highest BCUT2D eigenvalue weighted by molar-refractivity contribution is 9.10. The molecule has 0 radical (unpaired) electrons. The van der Waals surface area contributed by atoms with E-state index in [1.54, 1.807) is 6.20 Å². The van der Waals surface area contributed by atoms with Gasteiger partial charge in [-0.1, -0.05) is 25.4 Å². The number of rotatable bonds is 5. The summed E-state index contributed by atoms with van der Waals surface area (Å²) in [6.07, 6.45) is 3.94. The van der Waals surface area contributed by atoms with Crippen LogP contribution in [0.25, 0.3) is 0 Å². The van der Waals surface area contributed by atoms with Crippen molar-refractivity contribution >= 4 is 33.3 Å². The van der Waals surface area contributed by atoms with Gasteiger partial charge in [-0.05, 0) is 34.8 Å². The van der Waals surface area contributed by atoms with Gasteiger partial charge in [-0.3, -0.25) is 0 Å². The monoisotopic (exact) mass is 290 g/mol. The first kappa shape index (κ1) is 12.8. The lowest BCUT2D eigenvalue weighted by molar-refractivity contribution is 0.732. The fraction of sp³-hybridized carbons (Fsp3) is 0.545. The van der Waals surface area contributed by atoms with E-state index in [0.29, 0.717) is 5.02 Å². The van der Waals surface area contributed by atoms with Gasteiger partial charge in [0.25, 0.3) is 0 Å². The summed E-state index contributed by atoms with van der Waals surface area (Å²) < 4.78 is 0.969. The Bertz CT molecular complexity index is 311. The Hall–Kier alpha value is -0.280. The van der Waals surface area contributed by atoms with Crippen LogP contribution in [0.2, 0.25) is 5.02 Å². The number of pyridine rings is 1. The lowest BCUT2D eigenvalue weighted by Gasteiger charge is -2.23. The van der Waals surface area contributed by atoms with Crippen LogP contribution in [0, 0.1) is 0 Å². The molecule has 0 aliphatic carbocycles. The summed E-state index contributed by atoms with van der Waals surface area (Å²) in [5.41, 5.74) is 0. The second-order valence-electron chi connectivity index (χ2n) is 3.45. The maximum absolute atomic E-state index is 5.86. The van der Waals surface area contributed by atoms with Crippen molar-refractivity contribution < 1.29 is 0 Å². The lowest BCUT2D eigenvalue weighted by Crippen LogP contribution is -2.26. The number of hydrogen-bond acceptors (Lipinski definition) is 2. The third-order valence-corrected chi connectivity index (χ3v) is 2.87. The first-order valence-corrected chi connectivity index (χ1v) is 6.42. The molecule has 0 unspecified atom stereocenters. The predicted octanol–water partition coefficient (Wildman–Crippen LogP) is 4.12. The minimum Gasteiger partial charge on any atom is -0.356 e. The topological polar surface area (TPSA) is 16.1 Å². The van der Waals surface area contributed by atoms with Gasteiger partial charge in [0.15, 0.2) is 0 Å². The van der Waals surface area contributed by atoms with Gasteiger partial charge in [0.05, 0.1) is 9.50 Å². The van der Waals surface area contributed by atoms with Crippen LogP contribution in [0.1, 0.15) is 26.7 Å². The molecule has 84 valence electrons. The number of hydrogen-bond donors (Lipinski definition) is 0. The molecule has 0 atom stereocenters. The quantitative estimate of drug-likeness (QED) is 0.811. The summed E-state index contributed by atoms with van der Waals surface area (Å²) >= 11 is 9.36. The van der Waals surface area contributed by atoms with Crippen molar-refractivity contribution in [2.24, 2.45) is 0 Å². The van der Waals surface area contributed by atoms with Crippen molar-refractivity contribution in [3.63, 3.8) is 0 Å². The summed E-state index contributed by atoms with van der Waals surface area (Å²) in [5, 5.41) is 0.665. The van der Waals surface area contributed by atoms with E-state index < -0.39 is 0 Å². The SMILES string of the molecule is CCCN(CCC)c1ncc(Cl)cc1Br. The number of nitrogens with zero attached hydrogens (tertiary/aromatic N) is 2. The number of aromatic nitrogens is 1. The van der Waals surface area contributed by atoms with E-state index in [1.807, 2.05) is 6.07 Å². The Morgan fingerprint density at radius 1 is 1.33 bits per heavy atom. The molecule has 1 aromatic rings. The fourth-order valence-electron chi connectivity index (χ4n) is 1.50. The lowest BCUT2D eigenvalue weighted by atomic mass is 10.3. The summed E-state index contributed by atoms with van der Waals surface area (Å²) in [5.74, 6) is 0.989. The molecule has 1 rings (SSSR count). The molecule has 0 aliphatic rings. The van der Waals surface area contributed by atoms with Crippen LogP contribution in [0.15, 0.2) is 16.7 Å². The average molecular weight is 292 g/mol. The van der Waals surface area contributed by atoms with Crippen LogP contribution in [-0.4, -0.2) is 18.1 Å². The molecular formula is C11H16BrClN2. The normalized spacial score (nSPS) is 10.4. The molecule has 0 amide bonds. The summed E-state index contributed by atoms with van der Waals surface area (Å²) in [6, 6.07) is 1.89. The summed E-state index contributed by atoms with van der Waals surface area (Å²) in [7, 11) is 0. The fourth-order valence-corrected chi connectivity index (χ4v) is 2.39. The van der Waals surface area contributed by atoms with Crippen LogP contribution >= 0.6 is 27.5 Å². The van der Waals surface area contributed by atoms with Crippen LogP contribution in [0.5, 0.6) is 0 Å². The Kier molecular flexibility index (Phi) is 5.40. The van der Waals surface area contributed by atoms with E-state index in [0.717, 1.165) is 36.2 Å². The van der Waals surface area contributed by atoms with Crippen molar-refractivity contribution in [2.75, 3.05) is 18.0 Å². The molecule has 1 heterocycles. The van der Waals surface area contributed by atoms with Crippen LogP contribution in [0.4, 0.5) is 5.82 Å². The minimum absolute atomic E-state index is 0.665. The van der Waals surface area contributed by atoms with Gasteiger partial charge in [-0.2, -0.15) is 0 Å². The standard InChI is InChI=1S/C11H16BrClN2/c1-3-5-15(6-4-2)11-10(12)7-9(13)8-14-11/h7-8H,3-6H2,1-2H3. The summed E-state index contributed by atoms with van der Waals surface area (Å²) in [6.45, 7) is 6.40. The van der Waals surface area contributed by atoms with Crippen LogP contribution < -0.4 is 4.90 Å². The third-order valence-electron chi connectivity index (χ3n) is 2.07. The van der Waals surface area contributed by atoms with E-state index >= 15 is 0 Å². The molecule has 15 heavy (non-hydrogen) atoms. The van der Waals surface area contributed by atoms with E-state index in [-0.39, 0.29) is 0 Å². The second kappa shape index (κ2) is 6.33. The maximum Gasteiger partial charge on any atom is 0.142 e. The zero-order valence-electron chi connectivity index (χ0n) is 9.13. The van der Waals surface area contributed by atoms with E-state index in [1.165, 1.54) is 0 Å². The molecule has 1 aromatic heterocycles. The second-order valence-corrected chi connectivity index (χ2v) is 4.74. The highest BCUT2D eigenvalue weighted by Crippen LogP contribution is 2.26. The number of anilines is 1. The van der Waals surface area contributed by atoms with Crippen molar-refractivity contribution in [3.8, 4) is 0 Å². The van der Waals surface area contributed by atoms with Gasteiger partial charge >= 0.3 is 0 Å². The molecule has 0 aromatic carbocycles. The Labute approximate surface area is 105 Å². The molecule has 0 bridgehead atoms. The first-order valence-electron chi connectivity index (χ1n) is 5.25. The zero-order chi connectivity index (χ0) is 11.3. The Balaban J connectivity index is 2.89. The smallest absolute Gasteiger partial charge is 0.142 e. The molecule has 0 saturated carbocycles. The first-order chi connectivity index (χ1) is 7.19. The van der Waals surface area contributed by atoms with Crippen molar-refractivity contribution in [2.45, 2.75) is 26.7 Å². The minimum atomic E-state index is 0.665. The third kappa shape index (κ3) is 3.65. The largest absolute Gasteiger partial charge is 0.356 e. The van der Waals surface area contributed by atoms with Gasteiger partial charge in [-0.15, -0.1) is 0 Å². The molecule has 2 nitrogen and oxygen atoms in total. The summed E-state index contributed by atoms with van der Waals surface area (Å²) in [4.78, 5) is 6.64. The van der Waals surface area contributed by atoms with Crippen molar-refractivity contribution in [1.29, 1.82) is 0 Å². The zero-order valence-corrected chi connectivity index (χ0v) is 11.5. The van der Waals surface area contributed by atoms with Crippen molar-refractivity contribution in [3.05, 3.63) is 21.8 Å². The molecule has 0 saturated heterocycles. The molecule has 0 spiro atoms. The van der Waals surface area contributed by atoms with Gasteiger partial charge in [0.1, 0.15) is 5.82 Å². The van der Waals surface area contributed by atoms with Crippen molar-refractivity contribution in [1.82, 2.24) is 4.98 Å². The predicted molar refractivity (Wildman–Crippen MR) is 69.7 cm³/mol. The van der Waals surface area contributed by atoms with Gasteiger partial charge in [0, 0.05) is 19.3 Å². The Morgan fingerprint density at radius 3 is 2.40 bits per heavy atom. The molecular weight excluding hydrogens is 275 g/mol. The highest BCUT2D eigenvalue weighted by Gasteiger charge is 2.10. The van der Waals surface area contributed by atoms with E-state index in [2.05, 4.69) is 39.7 Å². The van der Waals surface area contributed by atoms with Gasteiger partial charge in [-0.25, -0.2) is 4.98 Å². The van der Waals surface area contributed by atoms with Crippen LogP contribution in [0.3, 0.4) is 0 Å².